The van der Waals surface area contributed by atoms with Crippen molar-refractivity contribution in [1.82, 2.24) is 0 Å². The van der Waals surface area contributed by atoms with Crippen molar-refractivity contribution in [1.29, 1.82) is 0 Å². The van der Waals surface area contributed by atoms with E-state index in [4.69, 9.17) is 4.74 Å². The summed E-state index contributed by atoms with van der Waals surface area (Å²) in [6.45, 7) is 12.9. The summed E-state index contributed by atoms with van der Waals surface area (Å²) in [5, 5.41) is 0. The van der Waals surface area contributed by atoms with Gasteiger partial charge in [0.25, 0.3) is 0 Å². The molecule has 0 aromatic carbocycles. The molecule has 0 saturated carbocycles. The summed E-state index contributed by atoms with van der Waals surface area (Å²) in [6.07, 6.45) is 10.6. The van der Waals surface area contributed by atoms with Crippen LogP contribution in [-0.2, 0) is 4.74 Å². The van der Waals surface area contributed by atoms with Gasteiger partial charge >= 0.3 is 0 Å². The molecule has 0 N–H and O–H groups in total. The van der Waals surface area contributed by atoms with E-state index in [1.165, 1.54) is 5.57 Å². The van der Waals surface area contributed by atoms with E-state index >= 15 is 0 Å². The van der Waals surface area contributed by atoms with Gasteiger partial charge in [-0.05, 0) is 31.4 Å². The zero-order valence-electron chi connectivity index (χ0n) is 11.8. The fourth-order valence-corrected chi connectivity index (χ4v) is 1.24. The van der Waals surface area contributed by atoms with Crippen LogP contribution in [0, 0.1) is 0 Å². The molecule has 1 rings (SSSR count). The van der Waals surface area contributed by atoms with Crippen LogP contribution in [0.3, 0.4) is 0 Å². The van der Waals surface area contributed by atoms with E-state index in [1.807, 2.05) is 34.6 Å². The molecule has 0 aliphatic heterocycles. The van der Waals surface area contributed by atoms with Crippen molar-refractivity contribution in [2.24, 2.45) is 0 Å². The Morgan fingerprint density at radius 2 is 1.56 bits per heavy atom. The molecule has 1 aliphatic carbocycles. The van der Waals surface area contributed by atoms with Crippen molar-refractivity contribution in [3.8, 4) is 0 Å². The summed E-state index contributed by atoms with van der Waals surface area (Å²) < 4.78 is 5.51. The van der Waals surface area contributed by atoms with Crippen LogP contribution in [0.1, 0.15) is 54.4 Å². The summed E-state index contributed by atoms with van der Waals surface area (Å²) in [6, 6.07) is 0. The highest BCUT2D eigenvalue weighted by Gasteiger charge is 2.01. The predicted octanol–water partition coefficient (Wildman–Crippen LogP) is 5.26. The first-order valence-corrected chi connectivity index (χ1v) is 6.57. The van der Waals surface area contributed by atoms with Crippen LogP contribution < -0.4 is 0 Å². The molecule has 0 aromatic rings. The van der Waals surface area contributed by atoms with Crippen molar-refractivity contribution in [3.63, 3.8) is 0 Å². The van der Waals surface area contributed by atoms with E-state index in [0.717, 1.165) is 25.2 Å². The molecule has 1 nitrogen and oxygen atoms in total. The first kappa shape index (κ1) is 17.4. The molecule has 0 amide bonds. The first-order valence-electron chi connectivity index (χ1n) is 6.57. The highest BCUT2D eigenvalue weighted by atomic mass is 16.5. The van der Waals surface area contributed by atoms with Crippen molar-refractivity contribution in [2.75, 3.05) is 6.61 Å². The smallest absolute Gasteiger partial charge is 0.122 e. The maximum Gasteiger partial charge on any atom is 0.122 e. The lowest BCUT2D eigenvalue weighted by Gasteiger charge is -2.06. The Morgan fingerprint density at radius 1 is 1.00 bits per heavy atom. The molecule has 0 saturated heterocycles. The lowest BCUT2D eigenvalue weighted by molar-refractivity contribution is 0.239. The Bertz CT molecular complexity index is 222. The summed E-state index contributed by atoms with van der Waals surface area (Å²) >= 11 is 0. The molecule has 1 heteroatoms. The molecule has 0 heterocycles. The third kappa shape index (κ3) is 7.33. The van der Waals surface area contributed by atoms with Crippen LogP contribution in [-0.4, -0.2) is 6.61 Å². The van der Waals surface area contributed by atoms with Gasteiger partial charge in [0.15, 0.2) is 0 Å². The van der Waals surface area contributed by atoms with Crippen molar-refractivity contribution in [3.05, 3.63) is 35.6 Å². The molecule has 16 heavy (non-hydrogen) atoms. The van der Waals surface area contributed by atoms with Gasteiger partial charge in [-0.25, -0.2) is 0 Å². The van der Waals surface area contributed by atoms with E-state index in [0.29, 0.717) is 0 Å². The molecule has 0 atom stereocenters. The lowest BCUT2D eigenvalue weighted by Crippen LogP contribution is -1.92. The minimum absolute atomic E-state index is 0.747. The number of allylic oxidation sites excluding steroid dienone is 5. The monoisotopic (exact) mass is 224 g/mol. The highest BCUT2D eigenvalue weighted by molar-refractivity contribution is 5.31. The zero-order chi connectivity index (χ0) is 12.8. The van der Waals surface area contributed by atoms with E-state index in [-0.39, 0.29) is 0 Å². The number of ether oxygens (including phenoxy) is 1. The van der Waals surface area contributed by atoms with Crippen molar-refractivity contribution >= 4 is 0 Å². The Labute approximate surface area is 102 Å². The van der Waals surface area contributed by atoms with Gasteiger partial charge in [-0.1, -0.05) is 52.8 Å². The SMILES string of the molecule is CC.CC.CCOC1=C(CC)C=CCC=C1. The third-order valence-electron chi connectivity index (χ3n) is 1.86. The van der Waals surface area contributed by atoms with Gasteiger partial charge in [-0.15, -0.1) is 0 Å². The Balaban J connectivity index is 0. The van der Waals surface area contributed by atoms with Crippen LogP contribution >= 0.6 is 0 Å². The van der Waals surface area contributed by atoms with Crippen molar-refractivity contribution < 1.29 is 4.74 Å². The second kappa shape index (κ2) is 14.0. The molecule has 0 bridgehead atoms. The molecule has 0 aromatic heterocycles. The first-order chi connectivity index (χ1) is 7.88. The van der Waals surface area contributed by atoms with Crippen LogP contribution in [0.15, 0.2) is 35.6 Å². The van der Waals surface area contributed by atoms with Crippen LogP contribution in [0.2, 0.25) is 0 Å². The van der Waals surface area contributed by atoms with Gasteiger partial charge in [0.1, 0.15) is 5.76 Å². The minimum atomic E-state index is 0.747. The van der Waals surface area contributed by atoms with Gasteiger partial charge < -0.3 is 4.74 Å². The van der Waals surface area contributed by atoms with E-state index in [2.05, 4.69) is 31.2 Å². The van der Waals surface area contributed by atoms with Gasteiger partial charge in [0, 0.05) is 0 Å². The maximum atomic E-state index is 5.51. The van der Waals surface area contributed by atoms with E-state index < -0.39 is 0 Å². The molecule has 94 valence electrons. The van der Waals surface area contributed by atoms with Gasteiger partial charge in [0.05, 0.1) is 6.61 Å². The Morgan fingerprint density at radius 3 is 2.06 bits per heavy atom. The van der Waals surface area contributed by atoms with Crippen LogP contribution in [0.25, 0.3) is 0 Å². The summed E-state index contributed by atoms with van der Waals surface area (Å²) in [7, 11) is 0. The number of rotatable bonds is 3. The van der Waals surface area contributed by atoms with E-state index in [1.54, 1.807) is 0 Å². The average Bonchev–Trinajstić information content (AvgIpc) is 2.60. The standard InChI is InChI=1S/C11H16O.2C2H6/c1-3-10-8-6-5-7-9-11(10)12-4-2;2*1-2/h6-9H,3-5H2,1-2H3;2*1-2H3. The van der Waals surface area contributed by atoms with Crippen LogP contribution in [0.4, 0.5) is 0 Å². The molecular formula is C15H28O. The minimum Gasteiger partial charge on any atom is -0.494 e. The fourth-order valence-electron chi connectivity index (χ4n) is 1.24. The largest absolute Gasteiger partial charge is 0.494 e. The Kier molecular flexibility index (Phi) is 15.3. The molecule has 0 fully saturated rings. The highest BCUT2D eigenvalue weighted by Crippen LogP contribution is 2.16. The van der Waals surface area contributed by atoms with E-state index in [9.17, 15) is 0 Å². The Hall–Kier alpha value is -0.980. The molecule has 0 spiro atoms. The predicted molar refractivity (Wildman–Crippen MR) is 74.5 cm³/mol. The van der Waals surface area contributed by atoms with Crippen LogP contribution in [0.5, 0.6) is 0 Å². The fraction of sp³-hybridized carbons (Fsp3) is 0.600. The number of hydrogen-bond donors (Lipinski definition) is 0. The molecule has 0 unspecified atom stereocenters. The quantitative estimate of drug-likeness (QED) is 0.635. The van der Waals surface area contributed by atoms with Crippen molar-refractivity contribution in [2.45, 2.75) is 54.4 Å². The molecular weight excluding hydrogens is 196 g/mol. The number of hydrogen-bond acceptors (Lipinski definition) is 1. The second-order valence-electron chi connectivity index (χ2n) is 2.72. The average molecular weight is 224 g/mol. The normalized spacial score (nSPS) is 13.1. The zero-order valence-corrected chi connectivity index (χ0v) is 11.8. The summed E-state index contributed by atoms with van der Waals surface area (Å²) in [4.78, 5) is 0. The molecule has 1 aliphatic rings. The summed E-state index contributed by atoms with van der Waals surface area (Å²) in [5.74, 6) is 1.04. The second-order valence-corrected chi connectivity index (χ2v) is 2.72. The van der Waals surface area contributed by atoms with Gasteiger partial charge in [-0.3, -0.25) is 0 Å². The topological polar surface area (TPSA) is 9.23 Å². The molecule has 0 radical (unpaired) electrons. The third-order valence-corrected chi connectivity index (χ3v) is 1.86. The lowest BCUT2D eigenvalue weighted by atomic mass is 10.1. The maximum absolute atomic E-state index is 5.51. The summed E-state index contributed by atoms with van der Waals surface area (Å²) in [5.41, 5.74) is 1.30. The van der Waals surface area contributed by atoms with Gasteiger partial charge in [-0.2, -0.15) is 0 Å². The van der Waals surface area contributed by atoms with Gasteiger partial charge in [0.2, 0.25) is 0 Å².